The number of aliphatic imine (C=N–C) groups is 1. The standard InChI is InChI=1S/C12H9N/c1-2-4-11-9(3-1)7-10-5-6-13-8-12(10)11/h1-8,12H. The summed E-state index contributed by atoms with van der Waals surface area (Å²) in [4.78, 5) is 4.17. The normalized spacial score (nSPS) is 22.5. The highest BCUT2D eigenvalue weighted by molar-refractivity contribution is 5.86. The molecule has 62 valence electrons. The van der Waals surface area contributed by atoms with Gasteiger partial charge in [0.25, 0.3) is 0 Å². The Morgan fingerprint density at radius 3 is 3.08 bits per heavy atom. The number of fused-ring (bicyclic) bond motifs is 3. The van der Waals surface area contributed by atoms with Gasteiger partial charge < -0.3 is 0 Å². The first-order valence-electron chi connectivity index (χ1n) is 4.45. The van der Waals surface area contributed by atoms with Crippen molar-refractivity contribution < 1.29 is 0 Å². The van der Waals surface area contributed by atoms with Crippen molar-refractivity contribution in [1.29, 1.82) is 0 Å². The van der Waals surface area contributed by atoms with E-state index in [-0.39, 0.29) is 0 Å². The van der Waals surface area contributed by atoms with E-state index in [1.807, 2.05) is 12.4 Å². The summed E-state index contributed by atoms with van der Waals surface area (Å²) in [6, 6.07) is 8.49. The van der Waals surface area contributed by atoms with Crippen LogP contribution in [0.25, 0.3) is 6.08 Å². The first-order chi connectivity index (χ1) is 6.45. The smallest absolute Gasteiger partial charge is 0.0450 e. The Balaban J connectivity index is 2.22. The fourth-order valence-corrected chi connectivity index (χ4v) is 1.96. The van der Waals surface area contributed by atoms with Gasteiger partial charge in [0, 0.05) is 18.3 Å². The van der Waals surface area contributed by atoms with Gasteiger partial charge in [-0.05, 0) is 22.8 Å². The predicted molar refractivity (Wildman–Crippen MR) is 54.8 cm³/mol. The number of hydrogen-bond donors (Lipinski definition) is 0. The third kappa shape index (κ3) is 0.903. The second-order valence-electron chi connectivity index (χ2n) is 3.36. The van der Waals surface area contributed by atoms with Gasteiger partial charge in [-0.1, -0.05) is 30.3 Å². The second kappa shape index (κ2) is 2.43. The average Bonchev–Trinajstić information content (AvgIpc) is 2.56. The van der Waals surface area contributed by atoms with Gasteiger partial charge in [0.1, 0.15) is 0 Å². The minimum atomic E-state index is 0.404. The topological polar surface area (TPSA) is 12.4 Å². The Labute approximate surface area is 77.1 Å². The first kappa shape index (κ1) is 6.84. The summed E-state index contributed by atoms with van der Waals surface area (Å²) in [5.41, 5.74) is 4.07. The van der Waals surface area contributed by atoms with Crippen LogP contribution < -0.4 is 0 Å². The Morgan fingerprint density at radius 2 is 2.08 bits per heavy atom. The zero-order valence-corrected chi connectivity index (χ0v) is 7.14. The molecule has 1 unspecified atom stereocenters. The molecule has 0 aromatic heterocycles. The molecule has 0 bridgehead atoms. The van der Waals surface area contributed by atoms with E-state index in [9.17, 15) is 0 Å². The summed E-state index contributed by atoms with van der Waals surface area (Å²) in [5.74, 6) is 0.404. The summed E-state index contributed by atoms with van der Waals surface area (Å²) in [6.45, 7) is 0. The molecule has 1 atom stereocenters. The molecule has 1 heterocycles. The molecule has 3 rings (SSSR count). The lowest BCUT2D eigenvalue weighted by molar-refractivity contribution is 1.12. The second-order valence-corrected chi connectivity index (χ2v) is 3.36. The minimum Gasteiger partial charge on any atom is -0.268 e. The van der Waals surface area contributed by atoms with E-state index in [1.165, 1.54) is 16.7 Å². The van der Waals surface area contributed by atoms with Crippen molar-refractivity contribution in [3.8, 4) is 0 Å². The fourth-order valence-electron chi connectivity index (χ4n) is 1.96. The van der Waals surface area contributed by atoms with E-state index >= 15 is 0 Å². The molecular weight excluding hydrogens is 158 g/mol. The predicted octanol–water partition coefficient (Wildman–Crippen LogP) is 2.77. The Hall–Kier alpha value is -1.63. The molecule has 0 amide bonds. The quantitative estimate of drug-likeness (QED) is 0.563. The van der Waals surface area contributed by atoms with Gasteiger partial charge in [0.05, 0.1) is 0 Å². The summed E-state index contributed by atoms with van der Waals surface area (Å²) in [7, 11) is 0. The SMILES string of the molecule is C1=CC2=Cc3ccccc3C2C=N1. The van der Waals surface area contributed by atoms with Crippen LogP contribution in [0.5, 0.6) is 0 Å². The highest BCUT2D eigenvalue weighted by Gasteiger charge is 2.22. The van der Waals surface area contributed by atoms with Gasteiger partial charge in [-0.25, -0.2) is 0 Å². The fraction of sp³-hybridized carbons (Fsp3) is 0.0833. The third-order valence-electron chi connectivity index (χ3n) is 2.60. The van der Waals surface area contributed by atoms with Gasteiger partial charge in [-0.3, -0.25) is 4.99 Å². The van der Waals surface area contributed by atoms with Gasteiger partial charge in [0.15, 0.2) is 0 Å². The van der Waals surface area contributed by atoms with Crippen LogP contribution in [0.15, 0.2) is 47.1 Å². The number of hydrogen-bond acceptors (Lipinski definition) is 1. The van der Waals surface area contributed by atoms with Crippen LogP contribution in [0, 0.1) is 0 Å². The van der Waals surface area contributed by atoms with E-state index < -0.39 is 0 Å². The number of rotatable bonds is 0. The molecule has 0 saturated carbocycles. The van der Waals surface area contributed by atoms with Gasteiger partial charge in [-0.15, -0.1) is 0 Å². The lowest BCUT2D eigenvalue weighted by Crippen LogP contribution is -2.00. The summed E-state index contributed by atoms with van der Waals surface area (Å²) >= 11 is 0. The Morgan fingerprint density at radius 1 is 1.15 bits per heavy atom. The Kier molecular flexibility index (Phi) is 1.28. The van der Waals surface area contributed by atoms with E-state index in [0.29, 0.717) is 5.92 Å². The maximum atomic E-state index is 4.17. The molecule has 1 aliphatic heterocycles. The van der Waals surface area contributed by atoms with Crippen molar-refractivity contribution in [2.24, 2.45) is 4.99 Å². The van der Waals surface area contributed by atoms with Crippen molar-refractivity contribution in [2.75, 3.05) is 0 Å². The van der Waals surface area contributed by atoms with Gasteiger partial charge in [-0.2, -0.15) is 0 Å². The molecule has 1 heteroatoms. The summed E-state index contributed by atoms with van der Waals surface area (Å²) < 4.78 is 0. The van der Waals surface area contributed by atoms with E-state index in [4.69, 9.17) is 0 Å². The summed E-state index contributed by atoms with van der Waals surface area (Å²) in [5, 5.41) is 0. The van der Waals surface area contributed by atoms with Gasteiger partial charge in [0.2, 0.25) is 0 Å². The molecule has 0 radical (unpaired) electrons. The molecule has 0 spiro atoms. The molecule has 0 saturated heterocycles. The average molecular weight is 167 g/mol. The highest BCUT2D eigenvalue weighted by Crippen LogP contribution is 2.36. The van der Waals surface area contributed by atoms with Crippen LogP contribution in [0.2, 0.25) is 0 Å². The van der Waals surface area contributed by atoms with Crippen LogP contribution in [0.1, 0.15) is 17.0 Å². The molecule has 1 nitrogen and oxygen atoms in total. The van der Waals surface area contributed by atoms with Crippen molar-refractivity contribution in [3.63, 3.8) is 0 Å². The van der Waals surface area contributed by atoms with E-state index in [0.717, 1.165) is 0 Å². The highest BCUT2D eigenvalue weighted by atomic mass is 14.7. The van der Waals surface area contributed by atoms with Crippen molar-refractivity contribution in [3.05, 3.63) is 53.2 Å². The molecular formula is C12H9N. The summed E-state index contributed by atoms with van der Waals surface area (Å²) in [6.07, 6.45) is 8.19. The molecule has 1 aliphatic carbocycles. The lowest BCUT2D eigenvalue weighted by Gasteiger charge is -2.10. The molecule has 1 aromatic rings. The van der Waals surface area contributed by atoms with Crippen LogP contribution in [-0.4, -0.2) is 6.21 Å². The van der Waals surface area contributed by atoms with Crippen molar-refractivity contribution in [1.82, 2.24) is 0 Å². The molecule has 1 aromatic carbocycles. The monoisotopic (exact) mass is 167 g/mol. The molecule has 13 heavy (non-hydrogen) atoms. The van der Waals surface area contributed by atoms with Gasteiger partial charge >= 0.3 is 0 Å². The van der Waals surface area contributed by atoms with E-state index in [1.54, 1.807) is 0 Å². The lowest BCUT2D eigenvalue weighted by atomic mass is 9.96. The minimum absolute atomic E-state index is 0.404. The number of allylic oxidation sites excluding steroid dienone is 2. The largest absolute Gasteiger partial charge is 0.268 e. The Bertz CT molecular complexity index is 438. The zero-order chi connectivity index (χ0) is 8.67. The maximum Gasteiger partial charge on any atom is 0.0450 e. The zero-order valence-electron chi connectivity index (χ0n) is 7.14. The van der Waals surface area contributed by atoms with Crippen LogP contribution in [0.4, 0.5) is 0 Å². The van der Waals surface area contributed by atoms with Crippen LogP contribution in [0.3, 0.4) is 0 Å². The van der Waals surface area contributed by atoms with Crippen molar-refractivity contribution in [2.45, 2.75) is 5.92 Å². The van der Waals surface area contributed by atoms with E-state index in [2.05, 4.69) is 41.4 Å². The van der Waals surface area contributed by atoms with Crippen LogP contribution in [-0.2, 0) is 0 Å². The molecule has 0 fully saturated rings. The first-order valence-corrected chi connectivity index (χ1v) is 4.45. The number of nitrogens with zero attached hydrogens (tertiary/aromatic N) is 1. The third-order valence-corrected chi connectivity index (χ3v) is 2.60. The maximum absolute atomic E-state index is 4.17. The van der Waals surface area contributed by atoms with Crippen LogP contribution >= 0.6 is 0 Å². The molecule has 0 N–H and O–H groups in total. The number of benzene rings is 1. The van der Waals surface area contributed by atoms with Crippen molar-refractivity contribution >= 4 is 12.3 Å². The molecule has 2 aliphatic rings.